The first kappa shape index (κ1) is 12.2. The molecule has 1 N–H and O–H groups in total. The third-order valence-electron chi connectivity index (χ3n) is 3.58. The van der Waals surface area contributed by atoms with Crippen molar-refractivity contribution in [2.45, 2.75) is 31.7 Å². The van der Waals surface area contributed by atoms with E-state index in [1.165, 1.54) is 24.0 Å². The summed E-state index contributed by atoms with van der Waals surface area (Å²) in [6.45, 7) is 0. The lowest BCUT2D eigenvalue weighted by molar-refractivity contribution is 0.388. The number of hydrogen-bond acceptors (Lipinski definition) is 3. The second-order valence-corrected chi connectivity index (χ2v) is 4.45. The van der Waals surface area contributed by atoms with E-state index in [1.807, 2.05) is 19.2 Å². The van der Waals surface area contributed by atoms with E-state index in [0.717, 1.165) is 24.3 Å². The van der Waals surface area contributed by atoms with Gasteiger partial charge in [-0.2, -0.15) is 0 Å². The maximum Gasteiger partial charge on any atom is 0.124 e. The molecule has 94 valence electrons. The minimum absolute atomic E-state index is 0.373. The zero-order valence-corrected chi connectivity index (χ0v) is 10.9. The lowest BCUT2D eigenvalue weighted by Crippen LogP contribution is -2.17. The van der Waals surface area contributed by atoms with Crippen LogP contribution in [0, 0.1) is 0 Å². The zero-order valence-electron chi connectivity index (χ0n) is 10.9. The molecule has 0 saturated heterocycles. The maximum atomic E-state index is 5.50. The summed E-state index contributed by atoms with van der Waals surface area (Å²) in [6.07, 6.45) is 4.70. The number of ether oxygens (including phenoxy) is 2. The maximum absolute atomic E-state index is 5.50. The summed E-state index contributed by atoms with van der Waals surface area (Å²) in [7, 11) is 5.49. The van der Waals surface area contributed by atoms with E-state index in [2.05, 4.69) is 5.32 Å². The van der Waals surface area contributed by atoms with Crippen LogP contribution in [0.25, 0.3) is 0 Å². The molecular weight excluding hydrogens is 214 g/mol. The summed E-state index contributed by atoms with van der Waals surface area (Å²) in [5, 5.41) is 3.39. The summed E-state index contributed by atoms with van der Waals surface area (Å²) in [6, 6.07) is 4.39. The van der Waals surface area contributed by atoms with Crippen molar-refractivity contribution < 1.29 is 9.47 Å². The van der Waals surface area contributed by atoms with Crippen molar-refractivity contribution >= 4 is 0 Å². The van der Waals surface area contributed by atoms with Crippen molar-refractivity contribution in [3.63, 3.8) is 0 Å². The van der Waals surface area contributed by atoms with Crippen molar-refractivity contribution in [2.24, 2.45) is 0 Å². The van der Waals surface area contributed by atoms with Gasteiger partial charge in [0.1, 0.15) is 11.5 Å². The van der Waals surface area contributed by atoms with Crippen LogP contribution in [0.4, 0.5) is 0 Å². The van der Waals surface area contributed by atoms with Gasteiger partial charge < -0.3 is 14.8 Å². The Bertz CT molecular complexity index is 390. The minimum atomic E-state index is 0.373. The fraction of sp³-hybridized carbons (Fsp3) is 0.571. The van der Waals surface area contributed by atoms with E-state index >= 15 is 0 Å². The van der Waals surface area contributed by atoms with Crippen molar-refractivity contribution in [1.29, 1.82) is 0 Å². The molecule has 0 bridgehead atoms. The van der Waals surface area contributed by atoms with Crippen LogP contribution in [-0.4, -0.2) is 21.3 Å². The molecular formula is C14H21NO2. The van der Waals surface area contributed by atoms with E-state index in [-0.39, 0.29) is 0 Å². The molecule has 0 aromatic heterocycles. The molecule has 1 unspecified atom stereocenters. The van der Waals surface area contributed by atoms with Crippen LogP contribution >= 0.6 is 0 Å². The molecule has 1 aliphatic carbocycles. The average Bonchev–Trinajstić information content (AvgIpc) is 2.59. The van der Waals surface area contributed by atoms with Crippen LogP contribution in [-0.2, 0) is 6.42 Å². The van der Waals surface area contributed by atoms with Gasteiger partial charge in [0.2, 0.25) is 0 Å². The topological polar surface area (TPSA) is 30.5 Å². The lowest BCUT2D eigenvalue weighted by atomic mass is 9.97. The van der Waals surface area contributed by atoms with Gasteiger partial charge >= 0.3 is 0 Å². The highest BCUT2D eigenvalue weighted by Gasteiger charge is 2.23. The average molecular weight is 235 g/mol. The van der Waals surface area contributed by atoms with E-state index in [9.17, 15) is 0 Å². The highest BCUT2D eigenvalue weighted by atomic mass is 16.5. The first-order valence-electron chi connectivity index (χ1n) is 6.22. The van der Waals surface area contributed by atoms with Gasteiger partial charge in [-0.3, -0.25) is 0 Å². The minimum Gasteiger partial charge on any atom is -0.496 e. The molecule has 3 heteroatoms. The third-order valence-corrected chi connectivity index (χ3v) is 3.58. The second kappa shape index (κ2) is 5.41. The van der Waals surface area contributed by atoms with Gasteiger partial charge in [-0.25, -0.2) is 0 Å². The van der Waals surface area contributed by atoms with E-state index < -0.39 is 0 Å². The number of fused-ring (bicyclic) bond motifs is 1. The first-order chi connectivity index (χ1) is 8.31. The van der Waals surface area contributed by atoms with Gasteiger partial charge in [0.15, 0.2) is 0 Å². The Kier molecular flexibility index (Phi) is 3.89. The van der Waals surface area contributed by atoms with Gasteiger partial charge in [-0.05, 0) is 38.4 Å². The Hall–Kier alpha value is -1.22. The molecule has 0 spiro atoms. The van der Waals surface area contributed by atoms with Crippen LogP contribution in [0.15, 0.2) is 12.1 Å². The van der Waals surface area contributed by atoms with Crippen molar-refractivity contribution in [3.8, 4) is 11.5 Å². The highest BCUT2D eigenvalue weighted by molar-refractivity contribution is 5.51. The van der Waals surface area contributed by atoms with Gasteiger partial charge in [0.25, 0.3) is 0 Å². The summed E-state index contributed by atoms with van der Waals surface area (Å²) in [5.74, 6) is 1.96. The normalized spacial score (nSPS) is 19.4. The summed E-state index contributed by atoms with van der Waals surface area (Å²) in [4.78, 5) is 0. The summed E-state index contributed by atoms with van der Waals surface area (Å²) >= 11 is 0. The number of nitrogens with one attached hydrogen (secondary N) is 1. The SMILES string of the molecule is CNC1CCCCc2c(OC)ccc(OC)c21. The Morgan fingerprint density at radius 3 is 2.47 bits per heavy atom. The Morgan fingerprint density at radius 2 is 1.82 bits per heavy atom. The molecule has 2 rings (SSSR count). The van der Waals surface area contributed by atoms with E-state index in [4.69, 9.17) is 9.47 Å². The number of rotatable bonds is 3. The standard InChI is InChI=1S/C14H21NO2/c1-15-11-7-5-4-6-10-12(16-2)8-9-13(17-3)14(10)11/h8-9,11,15H,4-7H2,1-3H3. The van der Waals surface area contributed by atoms with Crippen LogP contribution in [0.1, 0.15) is 36.4 Å². The summed E-state index contributed by atoms with van der Waals surface area (Å²) in [5.41, 5.74) is 2.59. The van der Waals surface area contributed by atoms with E-state index in [1.54, 1.807) is 14.2 Å². The second-order valence-electron chi connectivity index (χ2n) is 4.45. The highest BCUT2D eigenvalue weighted by Crippen LogP contribution is 2.39. The first-order valence-corrected chi connectivity index (χ1v) is 6.22. The summed E-state index contributed by atoms with van der Waals surface area (Å²) < 4.78 is 11.0. The number of methoxy groups -OCH3 is 2. The van der Waals surface area contributed by atoms with Crippen LogP contribution < -0.4 is 14.8 Å². The third kappa shape index (κ3) is 2.25. The van der Waals surface area contributed by atoms with Crippen molar-refractivity contribution in [2.75, 3.05) is 21.3 Å². The molecule has 0 saturated carbocycles. The van der Waals surface area contributed by atoms with Crippen LogP contribution in [0.5, 0.6) is 11.5 Å². The van der Waals surface area contributed by atoms with Crippen LogP contribution in [0.3, 0.4) is 0 Å². The predicted molar refractivity (Wildman–Crippen MR) is 68.9 cm³/mol. The fourth-order valence-electron chi connectivity index (χ4n) is 2.72. The monoisotopic (exact) mass is 235 g/mol. The molecule has 17 heavy (non-hydrogen) atoms. The number of benzene rings is 1. The molecule has 1 aromatic carbocycles. The molecule has 0 heterocycles. The van der Waals surface area contributed by atoms with Crippen LogP contribution in [0.2, 0.25) is 0 Å². The lowest BCUT2D eigenvalue weighted by Gasteiger charge is -2.21. The molecule has 0 amide bonds. The molecule has 1 aliphatic rings. The Labute approximate surface area is 103 Å². The zero-order chi connectivity index (χ0) is 12.3. The predicted octanol–water partition coefficient (Wildman–Crippen LogP) is 2.69. The smallest absolute Gasteiger partial charge is 0.124 e. The molecule has 0 fully saturated rings. The molecule has 1 atom stereocenters. The molecule has 1 aromatic rings. The molecule has 3 nitrogen and oxygen atoms in total. The number of hydrogen-bond donors (Lipinski definition) is 1. The van der Waals surface area contributed by atoms with Crippen molar-refractivity contribution in [1.82, 2.24) is 5.32 Å². The van der Waals surface area contributed by atoms with Gasteiger partial charge in [0.05, 0.1) is 14.2 Å². The van der Waals surface area contributed by atoms with Gasteiger partial charge in [-0.15, -0.1) is 0 Å². The Balaban J connectivity index is 2.56. The molecule has 0 aliphatic heterocycles. The van der Waals surface area contributed by atoms with Gasteiger partial charge in [-0.1, -0.05) is 6.42 Å². The largest absolute Gasteiger partial charge is 0.496 e. The van der Waals surface area contributed by atoms with Crippen molar-refractivity contribution in [3.05, 3.63) is 23.3 Å². The fourth-order valence-corrected chi connectivity index (χ4v) is 2.72. The van der Waals surface area contributed by atoms with Gasteiger partial charge in [0, 0.05) is 17.2 Å². The Morgan fingerprint density at radius 1 is 1.12 bits per heavy atom. The quantitative estimate of drug-likeness (QED) is 0.817. The van der Waals surface area contributed by atoms with E-state index in [0.29, 0.717) is 6.04 Å². The molecule has 0 radical (unpaired) electrons.